The second kappa shape index (κ2) is 9.83. The summed E-state index contributed by atoms with van der Waals surface area (Å²) in [7, 11) is 0. The van der Waals surface area contributed by atoms with Gasteiger partial charge in [-0.05, 0) is 45.2 Å². The molecule has 0 radical (unpaired) electrons. The van der Waals surface area contributed by atoms with Gasteiger partial charge in [-0.3, -0.25) is 0 Å². The normalized spacial score (nSPS) is 24.8. The standard InChI is InChI=1S/C18H26ClN3O2.HI/c1-3-20-18(22-15-10-14-7-8-16(15)24-14)21-11-12-5-6-13(19)9-17(12)23-4-2;/h5-6,9,14-16H,3-4,7-8,10-11H2,1-2H3,(H2,20,21,22);1H. The van der Waals surface area contributed by atoms with Crippen LogP contribution in [0.4, 0.5) is 0 Å². The van der Waals surface area contributed by atoms with Crippen molar-refractivity contribution < 1.29 is 9.47 Å². The van der Waals surface area contributed by atoms with Crippen LogP contribution in [0.5, 0.6) is 5.75 Å². The van der Waals surface area contributed by atoms with Crippen molar-refractivity contribution in [1.82, 2.24) is 10.6 Å². The summed E-state index contributed by atoms with van der Waals surface area (Å²) in [5, 5.41) is 7.52. The van der Waals surface area contributed by atoms with Gasteiger partial charge < -0.3 is 20.1 Å². The van der Waals surface area contributed by atoms with Gasteiger partial charge in [0.15, 0.2) is 5.96 Å². The monoisotopic (exact) mass is 479 g/mol. The van der Waals surface area contributed by atoms with E-state index in [0.717, 1.165) is 36.7 Å². The Morgan fingerprint density at radius 1 is 1.36 bits per heavy atom. The molecule has 0 aliphatic carbocycles. The number of benzene rings is 1. The van der Waals surface area contributed by atoms with E-state index in [9.17, 15) is 0 Å². The topological polar surface area (TPSA) is 54.9 Å². The maximum absolute atomic E-state index is 6.06. The molecule has 2 saturated heterocycles. The van der Waals surface area contributed by atoms with Gasteiger partial charge in [-0.25, -0.2) is 4.99 Å². The fourth-order valence-corrected chi connectivity index (χ4v) is 3.56. The number of nitrogens with one attached hydrogen (secondary N) is 2. The van der Waals surface area contributed by atoms with Crippen molar-refractivity contribution in [2.24, 2.45) is 4.99 Å². The fourth-order valence-electron chi connectivity index (χ4n) is 3.40. The van der Waals surface area contributed by atoms with Gasteiger partial charge in [-0.2, -0.15) is 0 Å². The van der Waals surface area contributed by atoms with Crippen LogP contribution >= 0.6 is 35.6 Å². The summed E-state index contributed by atoms with van der Waals surface area (Å²) < 4.78 is 11.6. The van der Waals surface area contributed by atoms with Crippen molar-refractivity contribution in [2.75, 3.05) is 13.2 Å². The molecule has 0 spiro atoms. The molecule has 140 valence electrons. The molecule has 0 amide bonds. The molecule has 3 unspecified atom stereocenters. The number of hydrogen-bond donors (Lipinski definition) is 2. The number of nitrogens with zero attached hydrogens (tertiary/aromatic N) is 1. The zero-order chi connectivity index (χ0) is 16.9. The second-order valence-corrected chi connectivity index (χ2v) is 6.68. The second-order valence-electron chi connectivity index (χ2n) is 6.24. The number of guanidine groups is 1. The summed E-state index contributed by atoms with van der Waals surface area (Å²) in [6.07, 6.45) is 4.16. The van der Waals surface area contributed by atoms with Crippen LogP contribution in [0.15, 0.2) is 23.2 Å². The highest BCUT2D eigenvalue weighted by Gasteiger charge is 2.41. The molecule has 0 saturated carbocycles. The Labute approximate surface area is 171 Å². The number of halogens is 2. The molecular weight excluding hydrogens is 453 g/mol. The summed E-state index contributed by atoms with van der Waals surface area (Å²) in [5.74, 6) is 1.63. The van der Waals surface area contributed by atoms with Crippen LogP contribution in [0.2, 0.25) is 5.02 Å². The van der Waals surface area contributed by atoms with E-state index in [1.54, 1.807) is 0 Å². The predicted molar refractivity (Wildman–Crippen MR) is 112 cm³/mol. The van der Waals surface area contributed by atoms with Crippen molar-refractivity contribution in [3.8, 4) is 5.75 Å². The Morgan fingerprint density at radius 2 is 2.20 bits per heavy atom. The van der Waals surface area contributed by atoms with Crippen LogP contribution in [0.25, 0.3) is 0 Å². The maximum Gasteiger partial charge on any atom is 0.191 e. The minimum Gasteiger partial charge on any atom is -0.493 e. The number of fused-ring (bicyclic) bond motifs is 2. The largest absolute Gasteiger partial charge is 0.493 e. The highest BCUT2D eigenvalue weighted by molar-refractivity contribution is 14.0. The molecule has 2 aliphatic heterocycles. The van der Waals surface area contributed by atoms with Crippen molar-refractivity contribution in [3.05, 3.63) is 28.8 Å². The molecule has 2 aliphatic rings. The molecule has 25 heavy (non-hydrogen) atoms. The molecule has 2 fully saturated rings. The minimum atomic E-state index is 0. The van der Waals surface area contributed by atoms with E-state index in [1.807, 2.05) is 25.1 Å². The summed E-state index contributed by atoms with van der Waals surface area (Å²) in [4.78, 5) is 4.72. The smallest absolute Gasteiger partial charge is 0.191 e. The first-order valence-electron chi connectivity index (χ1n) is 8.81. The maximum atomic E-state index is 6.06. The summed E-state index contributed by atoms with van der Waals surface area (Å²) in [5.41, 5.74) is 1.03. The lowest BCUT2D eigenvalue weighted by Gasteiger charge is -2.22. The fraction of sp³-hybridized carbons (Fsp3) is 0.611. The van der Waals surface area contributed by atoms with Crippen LogP contribution in [0, 0.1) is 0 Å². The van der Waals surface area contributed by atoms with Gasteiger partial charge in [0, 0.05) is 17.1 Å². The van der Waals surface area contributed by atoms with E-state index < -0.39 is 0 Å². The van der Waals surface area contributed by atoms with Gasteiger partial charge in [0.25, 0.3) is 0 Å². The lowest BCUT2D eigenvalue weighted by Crippen LogP contribution is -2.47. The van der Waals surface area contributed by atoms with E-state index >= 15 is 0 Å². The van der Waals surface area contributed by atoms with Gasteiger partial charge in [0.1, 0.15) is 5.75 Å². The van der Waals surface area contributed by atoms with E-state index in [2.05, 4.69) is 17.6 Å². The molecule has 2 N–H and O–H groups in total. The van der Waals surface area contributed by atoms with Crippen LogP contribution < -0.4 is 15.4 Å². The highest BCUT2D eigenvalue weighted by atomic mass is 127. The lowest BCUT2D eigenvalue weighted by molar-refractivity contribution is 0.0992. The molecular formula is C18H27ClIN3O2. The molecule has 7 heteroatoms. The van der Waals surface area contributed by atoms with Gasteiger partial charge >= 0.3 is 0 Å². The number of aliphatic imine (C=N–C) groups is 1. The first-order valence-corrected chi connectivity index (χ1v) is 9.19. The minimum absolute atomic E-state index is 0. The molecule has 1 aromatic rings. The SMILES string of the molecule is CCNC(=NCc1ccc(Cl)cc1OCC)NC1CC2CCC1O2.I. The van der Waals surface area contributed by atoms with E-state index in [-0.39, 0.29) is 24.0 Å². The third kappa shape index (κ3) is 5.37. The molecule has 1 aromatic carbocycles. The van der Waals surface area contributed by atoms with E-state index in [0.29, 0.717) is 36.4 Å². The van der Waals surface area contributed by atoms with E-state index in [4.69, 9.17) is 26.1 Å². The third-order valence-electron chi connectivity index (χ3n) is 4.51. The van der Waals surface area contributed by atoms with Gasteiger partial charge in [-0.15, -0.1) is 24.0 Å². The average molecular weight is 480 g/mol. The van der Waals surface area contributed by atoms with Crippen LogP contribution in [0.3, 0.4) is 0 Å². The summed E-state index contributed by atoms with van der Waals surface area (Å²) in [6, 6.07) is 6.05. The molecule has 2 bridgehead atoms. The average Bonchev–Trinajstić information content (AvgIpc) is 3.17. The summed E-state index contributed by atoms with van der Waals surface area (Å²) in [6.45, 7) is 6.02. The highest BCUT2D eigenvalue weighted by Crippen LogP contribution is 2.34. The number of rotatable bonds is 6. The van der Waals surface area contributed by atoms with Gasteiger partial charge in [-0.1, -0.05) is 17.7 Å². The zero-order valence-electron chi connectivity index (χ0n) is 14.8. The Bertz CT molecular complexity index is 600. The van der Waals surface area contributed by atoms with Crippen LogP contribution in [-0.2, 0) is 11.3 Å². The Hall–Kier alpha value is -0.730. The van der Waals surface area contributed by atoms with Crippen LogP contribution in [-0.4, -0.2) is 37.4 Å². The quantitative estimate of drug-likeness (QED) is 0.371. The van der Waals surface area contributed by atoms with Gasteiger partial charge in [0.05, 0.1) is 31.4 Å². The Kier molecular flexibility index (Phi) is 8.09. The van der Waals surface area contributed by atoms with Gasteiger partial charge in [0.2, 0.25) is 0 Å². The Morgan fingerprint density at radius 3 is 2.84 bits per heavy atom. The third-order valence-corrected chi connectivity index (χ3v) is 4.74. The zero-order valence-corrected chi connectivity index (χ0v) is 17.8. The first-order chi connectivity index (χ1) is 11.7. The van der Waals surface area contributed by atoms with Crippen molar-refractivity contribution in [2.45, 2.75) is 57.9 Å². The molecule has 5 nitrogen and oxygen atoms in total. The van der Waals surface area contributed by atoms with Crippen molar-refractivity contribution in [1.29, 1.82) is 0 Å². The Balaban J connectivity index is 0.00000225. The molecule has 2 heterocycles. The van der Waals surface area contributed by atoms with Crippen LogP contribution in [0.1, 0.15) is 38.7 Å². The lowest BCUT2D eigenvalue weighted by atomic mass is 9.96. The van der Waals surface area contributed by atoms with Crippen molar-refractivity contribution >= 4 is 41.5 Å². The number of hydrogen-bond acceptors (Lipinski definition) is 3. The molecule has 0 aromatic heterocycles. The van der Waals surface area contributed by atoms with E-state index in [1.165, 1.54) is 6.42 Å². The molecule has 3 atom stereocenters. The summed E-state index contributed by atoms with van der Waals surface area (Å²) >= 11 is 6.06. The predicted octanol–water partition coefficient (Wildman–Crippen LogP) is 3.73. The number of ether oxygens (including phenoxy) is 2. The van der Waals surface area contributed by atoms with Crippen molar-refractivity contribution in [3.63, 3.8) is 0 Å². The molecule has 3 rings (SSSR count). The first kappa shape index (κ1) is 20.6.